The zero-order valence-corrected chi connectivity index (χ0v) is 14.7. The van der Waals surface area contributed by atoms with Gasteiger partial charge >= 0.3 is 5.69 Å². The Hall–Kier alpha value is -3.14. The first kappa shape index (κ1) is 18.2. The topological polar surface area (TPSA) is 140 Å². The third kappa shape index (κ3) is 3.15. The Morgan fingerprint density at radius 2 is 2.04 bits per heavy atom. The minimum absolute atomic E-state index is 0.457. The summed E-state index contributed by atoms with van der Waals surface area (Å²) in [6.45, 7) is -0.457. The van der Waals surface area contributed by atoms with Crippen LogP contribution in [0.4, 0.5) is 5.69 Å². The van der Waals surface area contributed by atoms with Gasteiger partial charge in [-0.05, 0) is 29.7 Å². The van der Waals surface area contributed by atoms with E-state index in [0.29, 0.717) is 11.4 Å². The Morgan fingerprint density at radius 3 is 2.79 bits per heavy atom. The van der Waals surface area contributed by atoms with Crippen LogP contribution in [-0.2, 0) is 4.74 Å². The second-order valence-electron chi connectivity index (χ2n) is 6.57. The largest absolute Gasteiger partial charge is 0.482 e. The quantitative estimate of drug-likeness (QED) is 0.462. The molecular weight excluding hydrogens is 366 g/mol. The van der Waals surface area contributed by atoms with Crippen LogP contribution in [0.2, 0.25) is 0 Å². The van der Waals surface area contributed by atoms with Crippen LogP contribution in [0.1, 0.15) is 6.23 Å². The van der Waals surface area contributed by atoms with Crippen molar-refractivity contribution >= 4 is 16.5 Å². The summed E-state index contributed by atoms with van der Waals surface area (Å²) in [5, 5.41) is 21.7. The molecule has 3 aromatic rings. The average molecular weight is 385 g/mol. The van der Waals surface area contributed by atoms with E-state index in [4.69, 9.17) is 15.2 Å². The first-order valence-corrected chi connectivity index (χ1v) is 8.68. The molecular formula is C19H19N3O6. The predicted octanol–water partition coefficient (Wildman–Crippen LogP) is -0.0298. The number of nitrogens with one attached hydrogen (secondary N) is 1. The zero-order valence-electron chi connectivity index (χ0n) is 14.7. The second kappa shape index (κ2) is 7.12. The number of H-pyrrole nitrogens is 1. The number of aliphatic hydroxyl groups is 2. The number of nitrogens with two attached hydrogens (primary N) is 1. The Bertz CT molecular complexity index is 1120. The van der Waals surface area contributed by atoms with E-state index in [9.17, 15) is 19.8 Å². The molecule has 146 valence electrons. The van der Waals surface area contributed by atoms with Crippen LogP contribution in [0.5, 0.6) is 5.75 Å². The van der Waals surface area contributed by atoms with Gasteiger partial charge in [-0.2, -0.15) is 0 Å². The van der Waals surface area contributed by atoms with Crippen molar-refractivity contribution in [3.05, 3.63) is 69.5 Å². The Morgan fingerprint density at radius 1 is 1.21 bits per heavy atom. The maximum Gasteiger partial charge on any atom is 0.330 e. The van der Waals surface area contributed by atoms with Gasteiger partial charge in [0.25, 0.3) is 5.56 Å². The standard InChI is InChI=1S/C19H19N3O6/c20-11-4-5-12-10(8-11)2-1-3-13(12)27-17-16(25)14(9-23)28-18(17)22-7-6-15(24)21-19(22)26/h1-8,14,16-18,23,25H,9,20H2,(H,21,24,26)/t14-,16-,17-,18-/m1/s1. The fourth-order valence-electron chi connectivity index (χ4n) is 3.37. The monoisotopic (exact) mass is 385 g/mol. The number of nitrogen functional groups attached to an aromatic ring is 1. The molecule has 0 unspecified atom stereocenters. The van der Waals surface area contributed by atoms with Crippen molar-refractivity contribution in [2.45, 2.75) is 24.5 Å². The average Bonchev–Trinajstić information content (AvgIpc) is 2.97. The van der Waals surface area contributed by atoms with Gasteiger partial charge in [0.15, 0.2) is 12.3 Å². The molecule has 0 bridgehead atoms. The summed E-state index contributed by atoms with van der Waals surface area (Å²) in [5.74, 6) is 0.464. The lowest BCUT2D eigenvalue weighted by molar-refractivity contribution is -0.0522. The summed E-state index contributed by atoms with van der Waals surface area (Å²) in [7, 11) is 0. The third-order valence-corrected chi connectivity index (χ3v) is 4.75. The number of fused-ring (bicyclic) bond motifs is 1. The molecule has 0 spiro atoms. The van der Waals surface area contributed by atoms with Crippen molar-refractivity contribution < 1.29 is 19.7 Å². The van der Waals surface area contributed by atoms with Crippen molar-refractivity contribution in [2.75, 3.05) is 12.3 Å². The maximum atomic E-state index is 12.2. The van der Waals surface area contributed by atoms with Crippen molar-refractivity contribution in [3.8, 4) is 5.75 Å². The molecule has 0 aliphatic carbocycles. The first-order chi connectivity index (χ1) is 13.5. The molecule has 1 fully saturated rings. The Kier molecular flexibility index (Phi) is 4.63. The van der Waals surface area contributed by atoms with Crippen LogP contribution in [0.25, 0.3) is 10.8 Å². The van der Waals surface area contributed by atoms with Gasteiger partial charge in [-0.1, -0.05) is 12.1 Å². The third-order valence-electron chi connectivity index (χ3n) is 4.75. The van der Waals surface area contributed by atoms with Crippen molar-refractivity contribution in [2.24, 2.45) is 0 Å². The van der Waals surface area contributed by atoms with E-state index in [1.54, 1.807) is 30.3 Å². The molecule has 1 aromatic heterocycles. The molecule has 2 aromatic carbocycles. The van der Waals surface area contributed by atoms with Gasteiger partial charge in [0.05, 0.1) is 6.61 Å². The van der Waals surface area contributed by atoms with Gasteiger partial charge in [0.2, 0.25) is 0 Å². The van der Waals surface area contributed by atoms with Crippen LogP contribution in [0.15, 0.2) is 58.3 Å². The van der Waals surface area contributed by atoms with E-state index in [2.05, 4.69) is 4.98 Å². The Balaban J connectivity index is 1.75. The molecule has 5 N–H and O–H groups in total. The van der Waals surface area contributed by atoms with Gasteiger partial charge < -0.3 is 25.4 Å². The molecule has 0 radical (unpaired) electrons. The number of benzene rings is 2. The predicted molar refractivity (Wildman–Crippen MR) is 101 cm³/mol. The minimum Gasteiger partial charge on any atom is -0.482 e. The summed E-state index contributed by atoms with van der Waals surface area (Å²) in [4.78, 5) is 25.7. The van der Waals surface area contributed by atoms with Crippen LogP contribution in [0.3, 0.4) is 0 Å². The first-order valence-electron chi connectivity index (χ1n) is 8.68. The van der Waals surface area contributed by atoms with E-state index in [-0.39, 0.29) is 0 Å². The molecule has 28 heavy (non-hydrogen) atoms. The number of anilines is 1. The summed E-state index contributed by atoms with van der Waals surface area (Å²) in [6, 6.07) is 11.9. The molecule has 4 rings (SSSR count). The second-order valence-corrected chi connectivity index (χ2v) is 6.57. The van der Waals surface area contributed by atoms with E-state index in [1.165, 1.54) is 12.3 Å². The molecule has 1 aliphatic rings. The van der Waals surface area contributed by atoms with Crippen molar-refractivity contribution in [3.63, 3.8) is 0 Å². The molecule has 1 saturated heterocycles. The number of rotatable bonds is 4. The minimum atomic E-state index is -1.20. The van der Waals surface area contributed by atoms with Gasteiger partial charge in [0.1, 0.15) is 18.0 Å². The number of aliphatic hydroxyl groups excluding tert-OH is 2. The van der Waals surface area contributed by atoms with Crippen molar-refractivity contribution in [1.82, 2.24) is 9.55 Å². The van der Waals surface area contributed by atoms with Gasteiger partial charge in [0, 0.05) is 23.3 Å². The molecule has 0 saturated carbocycles. The number of aromatic nitrogens is 2. The van der Waals surface area contributed by atoms with Crippen molar-refractivity contribution in [1.29, 1.82) is 0 Å². The Labute approximate surface area is 158 Å². The van der Waals surface area contributed by atoms with E-state index in [1.807, 2.05) is 6.07 Å². The highest BCUT2D eigenvalue weighted by molar-refractivity contribution is 5.90. The number of hydrogen-bond donors (Lipinski definition) is 4. The number of aromatic amines is 1. The van der Waals surface area contributed by atoms with Crippen LogP contribution in [0, 0.1) is 0 Å². The lowest BCUT2D eigenvalue weighted by atomic mass is 10.1. The highest BCUT2D eigenvalue weighted by Crippen LogP contribution is 2.35. The lowest BCUT2D eigenvalue weighted by Crippen LogP contribution is -2.41. The van der Waals surface area contributed by atoms with Gasteiger partial charge in [-0.15, -0.1) is 0 Å². The van der Waals surface area contributed by atoms with E-state index < -0.39 is 42.4 Å². The molecule has 9 heteroatoms. The summed E-state index contributed by atoms with van der Waals surface area (Å²) in [6.07, 6.45) is -2.92. The van der Waals surface area contributed by atoms with Gasteiger partial charge in [-0.3, -0.25) is 14.3 Å². The fraction of sp³-hybridized carbons (Fsp3) is 0.263. The smallest absolute Gasteiger partial charge is 0.330 e. The van der Waals surface area contributed by atoms with Crippen LogP contribution >= 0.6 is 0 Å². The SMILES string of the molecule is Nc1ccc2c(O[C@@H]3[C@H](O)[C@@H](CO)O[C@H]3n3ccc(=O)[nH]c3=O)cccc2c1. The zero-order chi connectivity index (χ0) is 19.8. The maximum absolute atomic E-state index is 12.2. The van der Waals surface area contributed by atoms with Gasteiger partial charge in [-0.25, -0.2) is 4.79 Å². The fourth-order valence-corrected chi connectivity index (χ4v) is 3.37. The highest BCUT2D eigenvalue weighted by atomic mass is 16.6. The van der Waals surface area contributed by atoms with E-state index in [0.717, 1.165) is 15.3 Å². The van der Waals surface area contributed by atoms with Crippen LogP contribution < -0.4 is 21.7 Å². The molecule has 1 aliphatic heterocycles. The van der Waals surface area contributed by atoms with E-state index >= 15 is 0 Å². The summed E-state index contributed by atoms with van der Waals surface area (Å²) in [5.41, 5.74) is 5.17. The molecule has 2 heterocycles. The molecule has 4 atom stereocenters. The summed E-state index contributed by atoms with van der Waals surface area (Å²) >= 11 is 0. The number of ether oxygens (including phenoxy) is 2. The molecule has 9 nitrogen and oxygen atoms in total. The highest BCUT2D eigenvalue weighted by Gasteiger charge is 2.46. The number of hydrogen-bond acceptors (Lipinski definition) is 7. The normalized spacial score (nSPS) is 24.5. The number of nitrogens with zero attached hydrogens (tertiary/aromatic N) is 1. The lowest BCUT2D eigenvalue weighted by Gasteiger charge is -2.24. The molecule has 0 amide bonds. The summed E-state index contributed by atoms with van der Waals surface area (Å²) < 4.78 is 12.8. The van der Waals surface area contributed by atoms with Crippen LogP contribution in [-0.4, -0.2) is 44.7 Å².